The van der Waals surface area contributed by atoms with Gasteiger partial charge in [0.2, 0.25) is 0 Å². The van der Waals surface area contributed by atoms with Crippen LogP contribution in [0.1, 0.15) is 40.2 Å². The summed E-state index contributed by atoms with van der Waals surface area (Å²) in [5.41, 5.74) is 3.66. The number of hydrogen-bond acceptors (Lipinski definition) is 3. The lowest BCUT2D eigenvalue weighted by Crippen LogP contribution is -2.15. The van der Waals surface area contributed by atoms with Crippen molar-refractivity contribution in [1.82, 2.24) is 0 Å². The number of hydrogen-bond donors (Lipinski definition) is 1. The molecule has 1 aromatic heterocycles. The Morgan fingerprint density at radius 2 is 1.77 bits per heavy atom. The van der Waals surface area contributed by atoms with E-state index >= 15 is 0 Å². The predicted octanol–water partition coefficient (Wildman–Crippen LogP) is 5.56. The molecule has 1 amide bonds. The van der Waals surface area contributed by atoms with Gasteiger partial charge >= 0.3 is 0 Å². The van der Waals surface area contributed by atoms with Gasteiger partial charge in [0, 0.05) is 28.4 Å². The summed E-state index contributed by atoms with van der Waals surface area (Å²) in [5.74, 6) is -0.540. The quantitative estimate of drug-likeness (QED) is 0.616. The van der Waals surface area contributed by atoms with Gasteiger partial charge in [-0.2, -0.15) is 0 Å². The van der Waals surface area contributed by atoms with Gasteiger partial charge < -0.3 is 10.1 Å². The molecule has 0 aliphatic heterocycles. The summed E-state index contributed by atoms with van der Waals surface area (Å²) in [6.45, 7) is 4.32. The summed E-state index contributed by atoms with van der Waals surface area (Å²) in [4.78, 5) is 13.5. The summed E-state index contributed by atoms with van der Waals surface area (Å²) >= 11 is 1.30. The van der Waals surface area contributed by atoms with E-state index < -0.39 is 0 Å². The summed E-state index contributed by atoms with van der Waals surface area (Å²) < 4.78 is 20.3. The number of carbonyl (C=O) groups is 1. The highest BCUT2D eigenvalue weighted by Crippen LogP contribution is 2.35. The van der Waals surface area contributed by atoms with Crippen molar-refractivity contribution in [2.45, 2.75) is 33.3 Å². The van der Waals surface area contributed by atoms with Crippen LogP contribution < -0.4 is 5.32 Å². The van der Waals surface area contributed by atoms with Crippen LogP contribution in [-0.2, 0) is 24.2 Å². The Morgan fingerprint density at radius 1 is 1.12 bits per heavy atom. The van der Waals surface area contributed by atoms with Crippen LogP contribution in [0.4, 0.5) is 10.1 Å². The summed E-state index contributed by atoms with van der Waals surface area (Å²) in [7, 11) is 1.55. The highest BCUT2D eigenvalue weighted by molar-refractivity contribution is 7.21. The molecule has 1 N–H and O–H groups in total. The zero-order chi connectivity index (χ0) is 18.7. The first kappa shape index (κ1) is 18.5. The van der Waals surface area contributed by atoms with Crippen molar-refractivity contribution < 1.29 is 13.9 Å². The van der Waals surface area contributed by atoms with E-state index in [1.807, 2.05) is 24.3 Å². The monoisotopic (exact) mass is 371 g/mol. The topological polar surface area (TPSA) is 38.3 Å². The second kappa shape index (κ2) is 7.98. The number of carbonyl (C=O) groups excluding carboxylic acids is 1. The number of halogens is 1. The summed E-state index contributed by atoms with van der Waals surface area (Å²) in [6, 6.07) is 11.0. The first-order chi connectivity index (χ1) is 12.6. The minimum absolute atomic E-state index is 0.194. The molecule has 136 valence electrons. The van der Waals surface area contributed by atoms with Crippen LogP contribution in [0.25, 0.3) is 10.1 Å². The standard InChI is InChI=1S/C21H22FNO2S/c1-4-13-8-6-9-14(5-2)19(13)23-21(24)20-15(12-25-3)18-16(22)10-7-11-17(18)26-20/h6-11H,4-5,12H2,1-3H3,(H,23,24). The molecule has 0 spiro atoms. The molecular formula is C21H22FNO2S. The molecule has 0 saturated heterocycles. The fraction of sp³-hybridized carbons (Fsp3) is 0.286. The molecule has 0 saturated carbocycles. The van der Waals surface area contributed by atoms with Crippen LogP contribution in [0, 0.1) is 5.82 Å². The molecule has 0 unspecified atom stereocenters. The van der Waals surface area contributed by atoms with Gasteiger partial charge in [-0.05, 0) is 36.1 Å². The lowest BCUT2D eigenvalue weighted by molar-refractivity contribution is 0.102. The van der Waals surface area contributed by atoms with E-state index in [9.17, 15) is 9.18 Å². The van der Waals surface area contributed by atoms with Crippen molar-refractivity contribution in [2.75, 3.05) is 12.4 Å². The van der Waals surface area contributed by atoms with Gasteiger partial charge in [-0.25, -0.2) is 4.39 Å². The molecule has 0 fully saturated rings. The number of ether oxygens (including phenoxy) is 1. The smallest absolute Gasteiger partial charge is 0.266 e. The zero-order valence-electron chi connectivity index (χ0n) is 15.2. The summed E-state index contributed by atoms with van der Waals surface area (Å²) in [5, 5.41) is 3.55. The van der Waals surface area contributed by atoms with Crippen LogP contribution >= 0.6 is 11.3 Å². The molecule has 3 nitrogen and oxygen atoms in total. The lowest BCUT2D eigenvalue weighted by Gasteiger charge is -2.14. The number of nitrogens with one attached hydrogen (secondary N) is 1. The predicted molar refractivity (Wildman–Crippen MR) is 106 cm³/mol. The number of rotatable bonds is 6. The fourth-order valence-corrected chi connectivity index (χ4v) is 4.32. The van der Waals surface area contributed by atoms with Crippen LogP contribution in [0.5, 0.6) is 0 Å². The van der Waals surface area contributed by atoms with E-state index in [0.29, 0.717) is 15.8 Å². The Labute approximate surface area is 156 Å². The molecule has 26 heavy (non-hydrogen) atoms. The maximum Gasteiger partial charge on any atom is 0.266 e. The van der Waals surface area contributed by atoms with E-state index in [1.165, 1.54) is 17.4 Å². The molecule has 0 bridgehead atoms. The third-order valence-corrected chi connectivity index (χ3v) is 5.69. The van der Waals surface area contributed by atoms with Crippen LogP contribution in [0.2, 0.25) is 0 Å². The number of anilines is 1. The molecule has 3 rings (SSSR count). The minimum atomic E-state index is -0.326. The van der Waals surface area contributed by atoms with Crippen molar-refractivity contribution in [2.24, 2.45) is 0 Å². The van der Waals surface area contributed by atoms with Crippen LogP contribution in [-0.4, -0.2) is 13.0 Å². The van der Waals surface area contributed by atoms with Crippen molar-refractivity contribution in [3.8, 4) is 0 Å². The molecule has 5 heteroatoms. The zero-order valence-corrected chi connectivity index (χ0v) is 16.0. The van der Waals surface area contributed by atoms with E-state index in [-0.39, 0.29) is 18.3 Å². The second-order valence-corrected chi connectivity index (χ2v) is 7.12. The Bertz CT molecular complexity index is 926. The first-order valence-corrected chi connectivity index (χ1v) is 9.53. The average Bonchev–Trinajstić information content (AvgIpc) is 3.02. The maximum atomic E-state index is 14.3. The van der Waals surface area contributed by atoms with Gasteiger partial charge in [0.25, 0.3) is 5.91 Å². The number of benzene rings is 2. The van der Waals surface area contributed by atoms with Crippen molar-refractivity contribution in [3.63, 3.8) is 0 Å². The molecule has 0 radical (unpaired) electrons. The van der Waals surface area contributed by atoms with Gasteiger partial charge in [-0.3, -0.25) is 4.79 Å². The molecule has 2 aromatic carbocycles. The van der Waals surface area contributed by atoms with E-state index in [2.05, 4.69) is 19.2 Å². The average molecular weight is 371 g/mol. The van der Waals surface area contributed by atoms with Gasteiger partial charge in [0.15, 0.2) is 0 Å². The Hall–Kier alpha value is -2.24. The lowest BCUT2D eigenvalue weighted by atomic mass is 10.0. The maximum absolute atomic E-state index is 14.3. The molecule has 3 aromatic rings. The highest BCUT2D eigenvalue weighted by atomic mass is 32.1. The van der Waals surface area contributed by atoms with E-state index in [0.717, 1.165) is 34.4 Å². The van der Waals surface area contributed by atoms with Crippen molar-refractivity contribution in [1.29, 1.82) is 0 Å². The number of aryl methyl sites for hydroxylation is 2. The van der Waals surface area contributed by atoms with Gasteiger partial charge in [0.1, 0.15) is 5.82 Å². The fourth-order valence-electron chi connectivity index (χ4n) is 3.21. The number of thiophene rings is 1. The molecule has 1 heterocycles. The molecular weight excluding hydrogens is 349 g/mol. The first-order valence-electron chi connectivity index (χ1n) is 8.71. The highest BCUT2D eigenvalue weighted by Gasteiger charge is 2.22. The van der Waals surface area contributed by atoms with Crippen molar-refractivity contribution >= 4 is 33.0 Å². The van der Waals surface area contributed by atoms with Crippen LogP contribution in [0.15, 0.2) is 36.4 Å². The Balaban J connectivity index is 2.07. The summed E-state index contributed by atoms with van der Waals surface area (Å²) in [6.07, 6.45) is 1.66. The SMILES string of the molecule is CCc1cccc(CC)c1NC(=O)c1sc2cccc(F)c2c1COC. The largest absolute Gasteiger partial charge is 0.380 e. The Kier molecular flexibility index (Phi) is 5.69. The second-order valence-electron chi connectivity index (χ2n) is 6.07. The number of amides is 1. The van der Waals surface area contributed by atoms with Gasteiger partial charge in [-0.1, -0.05) is 38.1 Å². The normalized spacial score (nSPS) is 11.1. The Morgan fingerprint density at radius 3 is 2.38 bits per heavy atom. The van der Waals surface area contributed by atoms with Crippen LogP contribution in [0.3, 0.4) is 0 Å². The van der Waals surface area contributed by atoms with Crippen molar-refractivity contribution in [3.05, 3.63) is 63.8 Å². The van der Waals surface area contributed by atoms with E-state index in [4.69, 9.17) is 4.74 Å². The number of methoxy groups -OCH3 is 1. The van der Waals surface area contributed by atoms with E-state index in [1.54, 1.807) is 13.2 Å². The third kappa shape index (κ3) is 3.37. The van der Waals surface area contributed by atoms with Gasteiger partial charge in [-0.15, -0.1) is 11.3 Å². The molecule has 0 atom stereocenters. The number of para-hydroxylation sites is 1. The number of fused-ring (bicyclic) bond motifs is 1. The molecule has 0 aliphatic rings. The molecule has 0 aliphatic carbocycles. The third-order valence-electron chi connectivity index (χ3n) is 4.50. The minimum Gasteiger partial charge on any atom is -0.380 e. The van der Waals surface area contributed by atoms with Gasteiger partial charge in [0.05, 0.1) is 11.5 Å².